The van der Waals surface area contributed by atoms with Gasteiger partial charge in [-0.1, -0.05) is 97.1 Å². The van der Waals surface area contributed by atoms with Crippen molar-refractivity contribution in [1.82, 2.24) is 0 Å². The molecule has 134 valence electrons. The predicted octanol–water partition coefficient (Wildman–Crippen LogP) is 4.46. The molecule has 0 spiro atoms. The fourth-order valence-electron chi connectivity index (χ4n) is 3.38. The highest BCUT2D eigenvalue weighted by Gasteiger charge is 2.32. The first-order valence-corrected chi connectivity index (χ1v) is 10.7. The molecule has 0 heterocycles. The molecule has 0 amide bonds. The van der Waals surface area contributed by atoms with Crippen molar-refractivity contribution in [2.75, 3.05) is 0 Å². The third kappa shape index (κ3) is 3.30. The highest BCUT2D eigenvalue weighted by atomic mass is 31.2. The zero-order chi connectivity index (χ0) is 19.4. The summed E-state index contributed by atoms with van der Waals surface area (Å²) < 4.78 is 19.8. The third-order valence-electron chi connectivity index (χ3n) is 4.77. The Kier molecular flexibility index (Phi) is 5.19. The van der Waals surface area contributed by atoms with Gasteiger partial charge in [0.1, 0.15) is 5.75 Å². The molecule has 2 nitrogen and oxygen atoms in total. The molecule has 0 saturated carbocycles. The molecule has 28 heavy (non-hydrogen) atoms. The molecule has 4 aromatic carbocycles. The van der Waals surface area contributed by atoms with E-state index in [4.69, 9.17) is 12.7 Å². The van der Waals surface area contributed by atoms with Gasteiger partial charge in [0.2, 0.25) is 0 Å². The van der Waals surface area contributed by atoms with Crippen LogP contribution in [0.2, 0.25) is 0 Å². The van der Waals surface area contributed by atoms with Crippen molar-refractivity contribution in [2.45, 2.75) is 0 Å². The summed E-state index contributed by atoms with van der Waals surface area (Å²) >= 11 is 0. The van der Waals surface area contributed by atoms with Crippen LogP contribution in [0.15, 0.2) is 109 Å². The Morgan fingerprint density at radius 1 is 0.607 bits per heavy atom. The van der Waals surface area contributed by atoms with Crippen molar-refractivity contribution in [3.05, 3.63) is 109 Å². The van der Waals surface area contributed by atoms with Gasteiger partial charge in [-0.25, -0.2) is 0 Å². The van der Waals surface area contributed by atoms with Gasteiger partial charge in [-0.05, 0) is 23.3 Å². The molecule has 0 bridgehead atoms. The van der Waals surface area contributed by atoms with E-state index in [1.807, 2.05) is 103 Å². The van der Waals surface area contributed by atoms with Crippen LogP contribution in [0.5, 0.6) is 5.75 Å². The number of rotatable bonds is 5. The van der Waals surface area contributed by atoms with Gasteiger partial charge in [0.05, 0.1) is 5.30 Å². The van der Waals surface area contributed by atoms with Crippen LogP contribution < -0.4 is 20.6 Å². The number of benzene rings is 4. The molecule has 0 aliphatic carbocycles. The van der Waals surface area contributed by atoms with Gasteiger partial charge in [-0.2, -0.15) is 0 Å². The van der Waals surface area contributed by atoms with E-state index in [1.165, 1.54) is 0 Å². The number of hydrogen-bond acceptors (Lipinski definition) is 2. The largest absolute Gasteiger partial charge is 0.567 e. The maximum atomic E-state index is 14.6. The molecule has 0 aromatic heterocycles. The first-order valence-electron chi connectivity index (χ1n) is 9.01. The van der Waals surface area contributed by atoms with Crippen molar-refractivity contribution in [3.8, 4) is 16.9 Å². The first-order chi connectivity index (χ1) is 13.7. The Bertz CT molecular complexity index is 1070. The summed E-state index contributed by atoms with van der Waals surface area (Å²) in [5.41, 5.74) is 2.00. The van der Waals surface area contributed by atoms with E-state index in [-0.39, 0.29) is 0 Å². The van der Waals surface area contributed by atoms with E-state index in [1.54, 1.807) is 6.07 Å². The van der Waals surface area contributed by atoms with E-state index in [0.29, 0.717) is 11.1 Å². The fraction of sp³-hybridized carbons (Fsp3) is 0. The predicted molar refractivity (Wildman–Crippen MR) is 118 cm³/mol. The molecule has 0 aliphatic heterocycles. The first kappa shape index (κ1) is 18.3. The van der Waals surface area contributed by atoms with Crippen molar-refractivity contribution < 1.29 is 9.22 Å². The van der Waals surface area contributed by atoms with Crippen molar-refractivity contribution in [2.24, 2.45) is 0 Å². The van der Waals surface area contributed by atoms with Gasteiger partial charge in [0.15, 0.2) is 7.14 Å². The summed E-state index contributed by atoms with van der Waals surface area (Å²) in [6.07, 6.45) is 0. The van der Waals surface area contributed by atoms with Crippen molar-refractivity contribution >= 4 is 31.1 Å². The Morgan fingerprint density at radius 3 is 1.61 bits per heavy atom. The smallest absolute Gasteiger partial charge is 0.374 e. The van der Waals surface area contributed by atoms with Crippen LogP contribution in [0.1, 0.15) is 0 Å². The zero-order valence-electron chi connectivity index (χ0n) is 15.2. The van der Waals surface area contributed by atoms with Gasteiger partial charge < -0.3 is 9.22 Å². The summed E-state index contributed by atoms with van der Waals surface area (Å²) in [6.45, 7) is 0. The molecule has 2 radical (unpaired) electrons. The third-order valence-corrected chi connectivity index (χ3v) is 7.85. The van der Waals surface area contributed by atoms with Crippen LogP contribution in [0.25, 0.3) is 11.1 Å². The van der Waals surface area contributed by atoms with Crippen molar-refractivity contribution in [1.29, 1.82) is 0 Å². The lowest BCUT2D eigenvalue weighted by Crippen LogP contribution is -2.26. The molecule has 0 N–H and O–H groups in total. The lowest BCUT2D eigenvalue weighted by Gasteiger charge is -2.23. The van der Waals surface area contributed by atoms with E-state index >= 15 is 0 Å². The second kappa shape index (κ2) is 7.92. The standard InChI is InChI=1S/C24H18BO2P/c25-27-23-17-16-20(19-10-4-1-5-11-19)18-24(23)28(26,21-12-6-2-7-13-21)22-14-8-3-9-15-22/h1-18H. The second-order valence-corrected chi connectivity index (χ2v) is 9.18. The van der Waals surface area contributed by atoms with Gasteiger partial charge in [-0.3, -0.25) is 0 Å². The van der Waals surface area contributed by atoms with E-state index in [9.17, 15) is 4.57 Å². The summed E-state index contributed by atoms with van der Waals surface area (Å²) in [6, 6.07) is 34.6. The van der Waals surface area contributed by atoms with Crippen molar-refractivity contribution in [3.63, 3.8) is 0 Å². The Morgan fingerprint density at radius 2 is 1.11 bits per heavy atom. The molecule has 4 aromatic rings. The molecule has 0 saturated heterocycles. The normalized spacial score (nSPS) is 11.1. The van der Waals surface area contributed by atoms with Gasteiger partial charge in [0, 0.05) is 10.6 Å². The Balaban J connectivity index is 2.01. The minimum absolute atomic E-state index is 0.413. The zero-order valence-corrected chi connectivity index (χ0v) is 16.1. The fourth-order valence-corrected chi connectivity index (χ4v) is 6.17. The monoisotopic (exact) mass is 380 g/mol. The van der Waals surface area contributed by atoms with Crippen LogP contribution in [-0.4, -0.2) is 8.05 Å². The maximum absolute atomic E-state index is 14.6. The van der Waals surface area contributed by atoms with Crippen LogP contribution in [0, 0.1) is 0 Å². The highest BCUT2D eigenvalue weighted by Crippen LogP contribution is 2.45. The van der Waals surface area contributed by atoms with Gasteiger partial charge in [-0.15, -0.1) is 0 Å². The average molecular weight is 380 g/mol. The van der Waals surface area contributed by atoms with Crippen LogP contribution in [0.3, 0.4) is 0 Å². The molecular weight excluding hydrogens is 362 g/mol. The van der Waals surface area contributed by atoms with Crippen LogP contribution in [0.4, 0.5) is 0 Å². The lowest BCUT2D eigenvalue weighted by atomic mass is 10.1. The molecule has 0 fully saturated rings. The minimum Gasteiger partial charge on any atom is -0.567 e. The minimum atomic E-state index is -3.18. The summed E-state index contributed by atoms with van der Waals surface area (Å²) in [5.74, 6) is 0.413. The summed E-state index contributed by atoms with van der Waals surface area (Å²) in [5, 5.41) is 2.07. The molecule has 0 atom stereocenters. The summed E-state index contributed by atoms with van der Waals surface area (Å²) in [7, 11) is 2.39. The molecule has 4 rings (SSSR count). The van der Waals surface area contributed by atoms with E-state index < -0.39 is 7.14 Å². The second-order valence-electron chi connectivity index (χ2n) is 6.45. The molecule has 0 unspecified atom stereocenters. The SMILES string of the molecule is [B]Oc1ccc(-c2ccccc2)cc1P(=O)(c1ccccc1)c1ccccc1. The topological polar surface area (TPSA) is 26.3 Å². The molecular formula is C24H18BO2P. The Labute approximate surface area is 166 Å². The summed E-state index contributed by atoms with van der Waals surface area (Å²) in [4.78, 5) is 0. The van der Waals surface area contributed by atoms with E-state index in [0.717, 1.165) is 21.7 Å². The van der Waals surface area contributed by atoms with Crippen LogP contribution in [-0.2, 0) is 4.57 Å². The molecule has 4 heteroatoms. The highest BCUT2D eigenvalue weighted by molar-refractivity contribution is 7.85. The van der Waals surface area contributed by atoms with Gasteiger partial charge in [0.25, 0.3) is 0 Å². The number of hydrogen-bond donors (Lipinski definition) is 0. The van der Waals surface area contributed by atoms with Gasteiger partial charge >= 0.3 is 8.05 Å². The Hall–Kier alpha value is -3.03. The molecule has 0 aliphatic rings. The quantitative estimate of drug-likeness (QED) is 0.378. The van der Waals surface area contributed by atoms with E-state index in [2.05, 4.69) is 0 Å². The lowest BCUT2D eigenvalue weighted by molar-refractivity contribution is 0.589. The van der Waals surface area contributed by atoms with Crippen LogP contribution >= 0.6 is 7.14 Å². The average Bonchev–Trinajstić information content (AvgIpc) is 2.80. The maximum Gasteiger partial charge on any atom is 0.374 e.